The number of hydrogen-bond donors (Lipinski definition) is 1. The average molecular weight is 376 g/mol. The van der Waals surface area contributed by atoms with E-state index in [1.54, 1.807) is 6.07 Å². The number of anilines is 2. The van der Waals surface area contributed by atoms with Gasteiger partial charge in [-0.25, -0.2) is 4.98 Å². The molecule has 0 bridgehead atoms. The summed E-state index contributed by atoms with van der Waals surface area (Å²) in [5.74, 6) is 0.967. The van der Waals surface area contributed by atoms with Gasteiger partial charge >= 0.3 is 0 Å². The number of hydrogen-bond acceptors (Lipinski definition) is 7. The minimum Gasteiger partial charge on any atom is -0.364 e. The number of carbonyl (C=O) groups excluding carboxylic acids is 1. The Kier molecular flexibility index (Phi) is 6.84. The topological polar surface area (TPSA) is 81.8 Å². The standard InChI is InChI=1S/C19H33N7O/c1-3-23-7-5-9-25(13-11-23)17-15-16(18(20)27)21-19(22-17)26-10-6-8-24(4-2)12-14-26/h15H,3-14H2,1-2H3,(H2,20,27). The second-order valence-corrected chi connectivity index (χ2v) is 7.33. The summed E-state index contributed by atoms with van der Waals surface area (Å²) < 4.78 is 0. The number of carbonyl (C=O) groups is 1. The summed E-state index contributed by atoms with van der Waals surface area (Å²) in [6.07, 6.45) is 2.16. The third-order valence-electron chi connectivity index (χ3n) is 5.63. The maximum absolute atomic E-state index is 11.9. The Morgan fingerprint density at radius 1 is 0.889 bits per heavy atom. The van der Waals surface area contributed by atoms with E-state index < -0.39 is 5.91 Å². The third-order valence-corrected chi connectivity index (χ3v) is 5.63. The minimum absolute atomic E-state index is 0.309. The zero-order chi connectivity index (χ0) is 19.2. The molecule has 27 heavy (non-hydrogen) atoms. The van der Waals surface area contributed by atoms with Crippen molar-refractivity contribution >= 4 is 17.7 Å². The van der Waals surface area contributed by atoms with Crippen molar-refractivity contribution in [2.75, 3.05) is 75.2 Å². The van der Waals surface area contributed by atoms with Crippen molar-refractivity contribution in [2.24, 2.45) is 5.73 Å². The molecule has 8 heteroatoms. The lowest BCUT2D eigenvalue weighted by molar-refractivity contribution is 0.0995. The molecule has 3 heterocycles. The molecule has 1 amide bonds. The van der Waals surface area contributed by atoms with Gasteiger partial charge in [0.2, 0.25) is 5.95 Å². The lowest BCUT2D eigenvalue weighted by atomic mass is 10.3. The zero-order valence-electron chi connectivity index (χ0n) is 16.7. The van der Waals surface area contributed by atoms with E-state index in [0.29, 0.717) is 11.6 Å². The fourth-order valence-corrected chi connectivity index (χ4v) is 3.86. The van der Waals surface area contributed by atoms with E-state index >= 15 is 0 Å². The summed E-state index contributed by atoms with van der Waals surface area (Å²) >= 11 is 0. The van der Waals surface area contributed by atoms with Crippen LogP contribution in [0.4, 0.5) is 11.8 Å². The van der Waals surface area contributed by atoms with E-state index in [0.717, 1.165) is 84.1 Å². The number of primary amides is 1. The molecule has 0 radical (unpaired) electrons. The normalized spacial score (nSPS) is 20.4. The van der Waals surface area contributed by atoms with Crippen molar-refractivity contribution in [2.45, 2.75) is 26.7 Å². The molecule has 2 saturated heterocycles. The van der Waals surface area contributed by atoms with Crippen LogP contribution in [0.25, 0.3) is 0 Å². The molecule has 1 aromatic heterocycles. The Morgan fingerprint density at radius 2 is 1.48 bits per heavy atom. The predicted molar refractivity (Wildman–Crippen MR) is 108 cm³/mol. The Hall–Kier alpha value is -1.93. The fourth-order valence-electron chi connectivity index (χ4n) is 3.86. The van der Waals surface area contributed by atoms with Crippen molar-refractivity contribution in [3.8, 4) is 0 Å². The predicted octanol–water partition coefficient (Wildman–Crippen LogP) is 0.640. The molecule has 2 aliphatic rings. The highest BCUT2D eigenvalue weighted by molar-refractivity contribution is 5.91. The van der Waals surface area contributed by atoms with Crippen LogP contribution in [0.1, 0.15) is 37.2 Å². The molecule has 0 aliphatic carbocycles. The first-order valence-corrected chi connectivity index (χ1v) is 10.2. The monoisotopic (exact) mass is 375 g/mol. The molecule has 0 saturated carbocycles. The van der Waals surface area contributed by atoms with Gasteiger partial charge in [0.1, 0.15) is 11.5 Å². The Labute approximate surface area is 162 Å². The Morgan fingerprint density at radius 3 is 2.07 bits per heavy atom. The summed E-state index contributed by atoms with van der Waals surface area (Å²) in [5.41, 5.74) is 5.89. The molecule has 150 valence electrons. The van der Waals surface area contributed by atoms with Crippen LogP contribution in [-0.2, 0) is 0 Å². The first-order chi connectivity index (χ1) is 13.1. The van der Waals surface area contributed by atoms with Gasteiger partial charge in [0, 0.05) is 45.3 Å². The molecule has 3 rings (SSSR count). The fraction of sp³-hybridized carbons (Fsp3) is 0.737. The van der Waals surface area contributed by atoms with E-state index in [-0.39, 0.29) is 0 Å². The molecule has 1 aromatic rings. The molecular weight excluding hydrogens is 342 g/mol. The molecule has 8 nitrogen and oxygen atoms in total. The van der Waals surface area contributed by atoms with Crippen molar-refractivity contribution < 1.29 is 4.79 Å². The van der Waals surface area contributed by atoms with E-state index in [2.05, 4.69) is 38.4 Å². The Balaban J connectivity index is 1.83. The summed E-state index contributed by atoms with van der Waals surface area (Å²) in [5, 5.41) is 0. The van der Waals surface area contributed by atoms with Crippen LogP contribution in [0.5, 0.6) is 0 Å². The van der Waals surface area contributed by atoms with E-state index in [1.807, 2.05) is 0 Å². The van der Waals surface area contributed by atoms with Gasteiger partial charge in [0.15, 0.2) is 0 Å². The molecule has 2 fully saturated rings. The van der Waals surface area contributed by atoms with Crippen LogP contribution in [0.15, 0.2) is 6.07 Å². The van der Waals surface area contributed by atoms with Gasteiger partial charge in [-0.15, -0.1) is 0 Å². The van der Waals surface area contributed by atoms with Crippen molar-refractivity contribution in [1.82, 2.24) is 19.8 Å². The van der Waals surface area contributed by atoms with E-state index in [4.69, 9.17) is 10.7 Å². The molecule has 0 atom stereocenters. The quantitative estimate of drug-likeness (QED) is 0.809. The molecule has 0 unspecified atom stereocenters. The van der Waals surface area contributed by atoms with Crippen LogP contribution >= 0.6 is 0 Å². The van der Waals surface area contributed by atoms with Gasteiger partial charge in [0.05, 0.1) is 0 Å². The molecule has 0 spiro atoms. The molecule has 2 N–H and O–H groups in total. The van der Waals surface area contributed by atoms with Crippen LogP contribution in [0.3, 0.4) is 0 Å². The zero-order valence-corrected chi connectivity index (χ0v) is 16.7. The lowest BCUT2D eigenvalue weighted by Gasteiger charge is -2.26. The van der Waals surface area contributed by atoms with Gasteiger partial charge in [-0.05, 0) is 39.0 Å². The highest BCUT2D eigenvalue weighted by Crippen LogP contribution is 2.20. The number of likely N-dealkylation sites (N-methyl/N-ethyl adjacent to an activating group) is 2. The largest absolute Gasteiger partial charge is 0.364 e. The van der Waals surface area contributed by atoms with Crippen LogP contribution in [-0.4, -0.2) is 91.1 Å². The number of aromatic nitrogens is 2. The van der Waals surface area contributed by atoms with Crippen LogP contribution in [0, 0.1) is 0 Å². The van der Waals surface area contributed by atoms with E-state index in [9.17, 15) is 4.79 Å². The van der Waals surface area contributed by atoms with Gasteiger partial charge in [-0.1, -0.05) is 13.8 Å². The van der Waals surface area contributed by atoms with Crippen molar-refractivity contribution in [3.63, 3.8) is 0 Å². The van der Waals surface area contributed by atoms with Crippen molar-refractivity contribution in [3.05, 3.63) is 11.8 Å². The number of nitrogens with two attached hydrogens (primary N) is 1. The van der Waals surface area contributed by atoms with Gasteiger partial charge < -0.3 is 25.3 Å². The number of rotatable bonds is 5. The first-order valence-electron chi connectivity index (χ1n) is 10.2. The third kappa shape index (κ3) is 5.07. The highest BCUT2D eigenvalue weighted by atomic mass is 16.1. The smallest absolute Gasteiger partial charge is 0.267 e. The SMILES string of the molecule is CCN1CCCN(c2cc(C(N)=O)nc(N3CCCN(CC)CC3)n2)CC1. The summed E-state index contributed by atoms with van der Waals surface area (Å²) in [7, 11) is 0. The maximum Gasteiger partial charge on any atom is 0.267 e. The Bertz CT molecular complexity index is 594. The van der Waals surface area contributed by atoms with Gasteiger partial charge in [-0.2, -0.15) is 4.98 Å². The van der Waals surface area contributed by atoms with E-state index in [1.165, 1.54) is 0 Å². The highest BCUT2D eigenvalue weighted by Gasteiger charge is 2.21. The maximum atomic E-state index is 11.9. The van der Waals surface area contributed by atoms with Crippen LogP contribution < -0.4 is 15.5 Å². The average Bonchev–Trinajstić information content (AvgIpc) is 3.08. The second-order valence-electron chi connectivity index (χ2n) is 7.33. The second kappa shape index (κ2) is 9.32. The van der Waals surface area contributed by atoms with Gasteiger partial charge in [-0.3, -0.25) is 4.79 Å². The summed E-state index contributed by atoms with van der Waals surface area (Å²) in [6, 6.07) is 1.75. The lowest BCUT2D eigenvalue weighted by Crippen LogP contribution is -2.34. The minimum atomic E-state index is -0.491. The number of amides is 1. The molecular formula is C19H33N7O. The van der Waals surface area contributed by atoms with Crippen molar-refractivity contribution in [1.29, 1.82) is 0 Å². The van der Waals surface area contributed by atoms with Crippen LogP contribution in [0.2, 0.25) is 0 Å². The summed E-state index contributed by atoms with van der Waals surface area (Å²) in [6.45, 7) is 14.3. The summed E-state index contributed by atoms with van der Waals surface area (Å²) in [4.78, 5) is 30.6. The number of nitrogens with zero attached hydrogens (tertiary/aromatic N) is 6. The van der Waals surface area contributed by atoms with Gasteiger partial charge in [0.25, 0.3) is 5.91 Å². The first kappa shape index (κ1) is 19.8. The molecule has 0 aromatic carbocycles. The molecule has 2 aliphatic heterocycles.